The monoisotopic (exact) mass is 252 g/mol. The highest BCUT2D eigenvalue weighted by molar-refractivity contribution is 5.30. The predicted octanol–water partition coefficient (Wildman–Crippen LogP) is 1.99. The minimum atomic E-state index is 0.651. The molecule has 1 aromatic heterocycles. The lowest BCUT2D eigenvalue weighted by Crippen LogP contribution is -2.18. The van der Waals surface area contributed by atoms with Gasteiger partial charge in [-0.05, 0) is 32.9 Å². The number of aromatic nitrogens is 2. The van der Waals surface area contributed by atoms with E-state index in [1.165, 1.54) is 0 Å². The Hall–Kier alpha value is -1.36. The molecule has 5 nitrogen and oxygen atoms in total. The van der Waals surface area contributed by atoms with Gasteiger partial charge in [-0.1, -0.05) is 13.8 Å². The van der Waals surface area contributed by atoms with Gasteiger partial charge in [0.1, 0.15) is 0 Å². The van der Waals surface area contributed by atoms with Crippen LogP contribution >= 0.6 is 0 Å². The Morgan fingerprint density at radius 2 is 2.06 bits per heavy atom. The minimum absolute atomic E-state index is 0.651. The fourth-order valence-electron chi connectivity index (χ4n) is 1.49. The van der Waals surface area contributed by atoms with Crippen molar-refractivity contribution in [3.63, 3.8) is 0 Å². The van der Waals surface area contributed by atoms with Gasteiger partial charge in [0.15, 0.2) is 0 Å². The van der Waals surface area contributed by atoms with Crippen LogP contribution in [-0.4, -0.2) is 36.2 Å². The summed E-state index contributed by atoms with van der Waals surface area (Å²) < 4.78 is 5.52. The van der Waals surface area contributed by atoms with Gasteiger partial charge in [-0.2, -0.15) is 4.98 Å². The van der Waals surface area contributed by atoms with Gasteiger partial charge in [0.05, 0.1) is 6.61 Å². The second kappa shape index (κ2) is 8.69. The molecule has 2 N–H and O–H groups in total. The van der Waals surface area contributed by atoms with Crippen molar-refractivity contribution < 1.29 is 4.74 Å². The van der Waals surface area contributed by atoms with Crippen molar-refractivity contribution in [2.75, 3.05) is 31.6 Å². The van der Waals surface area contributed by atoms with Crippen LogP contribution in [-0.2, 0) is 0 Å². The van der Waals surface area contributed by atoms with Crippen molar-refractivity contribution in [2.45, 2.75) is 33.6 Å². The molecule has 0 bridgehead atoms. The normalized spacial score (nSPS) is 10.4. The summed E-state index contributed by atoms with van der Waals surface area (Å²) in [6.45, 7) is 9.71. The number of anilines is 1. The Morgan fingerprint density at radius 3 is 2.78 bits per heavy atom. The van der Waals surface area contributed by atoms with Gasteiger partial charge < -0.3 is 15.4 Å². The molecule has 0 radical (unpaired) electrons. The molecule has 0 amide bonds. The number of nitrogens with zero attached hydrogens (tertiary/aromatic N) is 2. The number of rotatable bonds is 9. The average Bonchev–Trinajstić information content (AvgIpc) is 2.35. The third kappa shape index (κ3) is 5.82. The third-order valence-electron chi connectivity index (χ3n) is 2.35. The first kappa shape index (κ1) is 14.7. The van der Waals surface area contributed by atoms with Gasteiger partial charge in [0.25, 0.3) is 0 Å². The summed E-state index contributed by atoms with van der Waals surface area (Å²) in [5.41, 5.74) is 0.922. The standard InChI is InChI=1S/C13H24N4O/c1-4-9-18-12-10-11(3)16-13(17-12)15-8-6-7-14-5-2/h10,14H,4-9H2,1-3H3,(H,15,16,17). The average molecular weight is 252 g/mol. The van der Waals surface area contributed by atoms with Gasteiger partial charge in [-0.25, -0.2) is 4.98 Å². The smallest absolute Gasteiger partial charge is 0.226 e. The third-order valence-corrected chi connectivity index (χ3v) is 2.35. The molecule has 0 unspecified atom stereocenters. The van der Waals surface area contributed by atoms with E-state index < -0.39 is 0 Å². The second-order valence-corrected chi connectivity index (χ2v) is 4.15. The highest BCUT2D eigenvalue weighted by Gasteiger charge is 2.02. The van der Waals surface area contributed by atoms with Gasteiger partial charge in [0.2, 0.25) is 11.8 Å². The molecule has 0 spiro atoms. The van der Waals surface area contributed by atoms with Crippen molar-refractivity contribution in [1.82, 2.24) is 15.3 Å². The van der Waals surface area contributed by atoms with Crippen LogP contribution in [0.4, 0.5) is 5.95 Å². The van der Waals surface area contributed by atoms with Crippen LogP contribution in [0.5, 0.6) is 5.88 Å². The highest BCUT2D eigenvalue weighted by atomic mass is 16.5. The Bertz CT molecular complexity index is 344. The van der Waals surface area contributed by atoms with Crippen LogP contribution in [0.3, 0.4) is 0 Å². The molecular formula is C13H24N4O. The molecule has 5 heteroatoms. The number of ether oxygens (including phenoxy) is 1. The Labute approximate surface area is 109 Å². The molecule has 0 fully saturated rings. The molecule has 1 rings (SSSR count). The molecule has 0 atom stereocenters. The van der Waals surface area contributed by atoms with Crippen molar-refractivity contribution in [3.05, 3.63) is 11.8 Å². The fourth-order valence-corrected chi connectivity index (χ4v) is 1.49. The molecule has 0 saturated heterocycles. The minimum Gasteiger partial charge on any atom is -0.478 e. The molecule has 0 aliphatic carbocycles. The number of aryl methyl sites for hydroxylation is 1. The van der Waals surface area contributed by atoms with Gasteiger partial charge in [-0.15, -0.1) is 0 Å². The Balaban J connectivity index is 2.41. The van der Waals surface area contributed by atoms with Crippen molar-refractivity contribution in [1.29, 1.82) is 0 Å². The highest BCUT2D eigenvalue weighted by Crippen LogP contribution is 2.12. The van der Waals surface area contributed by atoms with E-state index in [4.69, 9.17) is 4.74 Å². The Morgan fingerprint density at radius 1 is 1.22 bits per heavy atom. The summed E-state index contributed by atoms with van der Waals surface area (Å²) in [5.74, 6) is 1.30. The van der Waals surface area contributed by atoms with Gasteiger partial charge in [0, 0.05) is 18.3 Å². The summed E-state index contributed by atoms with van der Waals surface area (Å²) >= 11 is 0. The first-order valence-corrected chi connectivity index (χ1v) is 6.69. The van der Waals surface area contributed by atoms with E-state index in [1.807, 2.05) is 13.0 Å². The first-order valence-electron chi connectivity index (χ1n) is 6.69. The molecule has 0 aliphatic heterocycles. The summed E-state index contributed by atoms with van der Waals surface area (Å²) in [5, 5.41) is 6.50. The number of nitrogens with one attached hydrogen (secondary N) is 2. The summed E-state index contributed by atoms with van der Waals surface area (Å²) in [6, 6.07) is 1.86. The van der Waals surface area contributed by atoms with E-state index in [0.717, 1.165) is 38.2 Å². The van der Waals surface area contributed by atoms with E-state index in [0.29, 0.717) is 18.4 Å². The topological polar surface area (TPSA) is 59.1 Å². The van der Waals surface area contributed by atoms with E-state index in [2.05, 4.69) is 34.4 Å². The van der Waals surface area contributed by atoms with Crippen LogP contribution in [0.1, 0.15) is 32.4 Å². The second-order valence-electron chi connectivity index (χ2n) is 4.15. The van der Waals surface area contributed by atoms with Crippen LogP contribution in [0.15, 0.2) is 6.07 Å². The quantitative estimate of drug-likeness (QED) is 0.658. The molecule has 0 aromatic carbocycles. The molecule has 0 aliphatic rings. The van der Waals surface area contributed by atoms with E-state index in [9.17, 15) is 0 Å². The number of hydrogen-bond donors (Lipinski definition) is 2. The van der Waals surface area contributed by atoms with Crippen LogP contribution in [0.25, 0.3) is 0 Å². The zero-order valence-corrected chi connectivity index (χ0v) is 11.6. The zero-order valence-electron chi connectivity index (χ0n) is 11.6. The maximum absolute atomic E-state index is 5.52. The largest absolute Gasteiger partial charge is 0.478 e. The van der Waals surface area contributed by atoms with E-state index in [-0.39, 0.29) is 0 Å². The van der Waals surface area contributed by atoms with Crippen molar-refractivity contribution >= 4 is 5.95 Å². The van der Waals surface area contributed by atoms with Crippen molar-refractivity contribution in [2.24, 2.45) is 0 Å². The molecular weight excluding hydrogens is 228 g/mol. The predicted molar refractivity (Wildman–Crippen MR) is 74.2 cm³/mol. The molecule has 1 aromatic rings. The van der Waals surface area contributed by atoms with Crippen LogP contribution in [0.2, 0.25) is 0 Å². The molecule has 0 saturated carbocycles. The lowest BCUT2D eigenvalue weighted by molar-refractivity contribution is 0.305. The Kier molecular flexibility index (Phi) is 7.10. The molecule has 102 valence electrons. The summed E-state index contributed by atoms with van der Waals surface area (Å²) in [7, 11) is 0. The van der Waals surface area contributed by atoms with Crippen molar-refractivity contribution in [3.8, 4) is 5.88 Å². The molecule has 1 heterocycles. The fraction of sp³-hybridized carbons (Fsp3) is 0.692. The SMILES string of the molecule is CCCOc1cc(C)nc(NCCCNCC)n1. The lowest BCUT2D eigenvalue weighted by Gasteiger charge is -2.09. The first-order chi connectivity index (χ1) is 8.76. The summed E-state index contributed by atoms with van der Waals surface area (Å²) in [6.07, 6.45) is 2.03. The van der Waals surface area contributed by atoms with Crippen LogP contribution < -0.4 is 15.4 Å². The van der Waals surface area contributed by atoms with E-state index >= 15 is 0 Å². The maximum atomic E-state index is 5.52. The van der Waals surface area contributed by atoms with E-state index in [1.54, 1.807) is 0 Å². The number of hydrogen-bond acceptors (Lipinski definition) is 5. The summed E-state index contributed by atoms with van der Waals surface area (Å²) in [4.78, 5) is 8.66. The van der Waals surface area contributed by atoms with Gasteiger partial charge in [-0.3, -0.25) is 0 Å². The van der Waals surface area contributed by atoms with Gasteiger partial charge >= 0.3 is 0 Å². The lowest BCUT2D eigenvalue weighted by atomic mass is 10.4. The molecule has 18 heavy (non-hydrogen) atoms. The maximum Gasteiger partial charge on any atom is 0.226 e. The van der Waals surface area contributed by atoms with Crippen LogP contribution in [0, 0.1) is 6.92 Å². The zero-order chi connectivity index (χ0) is 13.2.